The number of hydrogen-bond donors (Lipinski definition) is 0. The van der Waals surface area contributed by atoms with E-state index in [0.29, 0.717) is 0 Å². The van der Waals surface area contributed by atoms with Crippen LogP contribution in [0.15, 0.2) is 17.5 Å². The van der Waals surface area contributed by atoms with Crippen molar-refractivity contribution in [3.05, 3.63) is 22.4 Å². The predicted molar refractivity (Wildman–Crippen MR) is 57.2 cm³/mol. The second kappa shape index (κ2) is 4.17. The fourth-order valence-corrected chi connectivity index (χ4v) is 2.59. The minimum Gasteiger partial charge on any atom is -0.403 e. The summed E-state index contributed by atoms with van der Waals surface area (Å²) >= 11 is 1.53. The molecule has 1 atom stereocenters. The molecule has 1 heterocycles. The van der Waals surface area contributed by atoms with Crippen molar-refractivity contribution in [1.82, 2.24) is 0 Å². The fourth-order valence-electron chi connectivity index (χ4n) is 0.934. The highest BCUT2D eigenvalue weighted by atomic mass is 32.1. The van der Waals surface area contributed by atoms with E-state index in [1.54, 1.807) is 0 Å². The fraction of sp³-hybridized carbons (Fsp3) is 0.444. The molecule has 1 aromatic rings. The molecule has 0 saturated heterocycles. The van der Waals surface area contributed by atoms with E-state index < -0.39 is 14.4 Å². The quantitative estimate of drug-likeness (QED) is 0.719. The SMILES string of the molecule is C[Si](C)(C)OC([C]=O)c1cccs1. The summed E-state index contributed by atoms with van der Waals surface area (Å²) in [6.07, 6.45) is 1.45. The Labute approximate surface area is 83.7 Å². The first-order valence-electron chi connectivity index (χ1n) is 4.12. The molecule has 0 aliphatic heterocycles. The van der Waals surface area contributed by atoms with Crippen molar-refractivity contribution in [3.8, 4) is 0 Å². The largest absolute Gasteiger partial charge is 0.403 e. The first-order chi connectivity index (χ1) is 6.03. The van der Waals surface area contributed by atoms with Crippen LogP contribution in [0.3, 0.4) is 0 Å². The lowest BCUT2D eigenvalue weighted by Crippen LogP contribution is -2.28. The van der Waals surface area contributed by atoms with E-state index in [-0.39, 0.29) is 0 Å². The molecule has 71 valence electrons. The summed E-state index contributed by atoms with van der Waals surface area (Å²) in [7, 11) is -1.65. The van der Waals surface area contributed by atoms with Crippen LogP contribution in [0.1, 0.15) is 11.0 Å². The first-order valence-corrected chi connectivity index (χ1v) is 8.40. The molecule has 0 aromatic carbocycles. The van der Waals surface area contributed by atoms with Crippen molar-refractivity contribution >= 4 is 25.9 Å². The summed E-state index contributed by atoms with van der Waals surface area (Å²) in [6, 6.07) is 3.82. The zero-order valence-electron chi connectivity index (χ0n) is 8.03. The minimum atomic E-state index is -1.65. The van der Waals surface area contributed by atoms with Crippen LogP contribution in [0.2, 0.25) is 19.6 Å². The van der Waals surface area contributed by atoms with Crippen LogP contribution in [-0.2, 0) is 9.22 Å². The van der Waals surface area contributed by atoms with Gasteiger partial charge in [0.25, 0.3) is 0 Å². The van der Waals surface area contributed by atoms with Crippen molar-refractivity contribution in [2.75, 3.05) is 0 Å². The van der Waals surface area contributed by atoms with Gasteiger partial charge in [-0.2, -0.15) is 0 Å². The Balaban J connectivity index is 2.70. The van der Waals surface area contributed by atoms with Gasteiger partial charge in [0.15, 0.2) is 8.32 Å². The monoisotopic (exact) mass is 213 g/mol. The van der Waals surface area contributed by atoms with Gasteiger partial charge in [0.1, 0.15) is 6.10 Å². The zero-order valence-corrected chi connectivity index (χ0v) is 9.85. The smallest absolute Gasteiger partial charge is 0.234 e. The maximum Gasteiger partial charge on any atom is 0.234 e. The van der Waals surface area contributed by atoms with Gasteiger partial charge in [-0.1, -0.05) is 6.07 Å². The highest BCUT2D eigenvalue weighted by molar-refractivity contribution is 7.10. The third kappa shape index (κ3) is 3.42. The third-order valence-electron chi connectivity index (χ3n) is 1.38. The minimum absolute atomic E-state index is 0.480. The lowest BCUT2D eigenvalue weighted by atomic mass is 10.3. The van der Waals surface area contributed by atoms with Gasteiger partial charge in [-0.3, -0.25) is 4.79 Å². The van der Waals surface area contributed by atoms with Crippen molar-refractivity contribution < 1.29 is 9.22 Å². The predicted octanol–water partition coefficient (Wildman–Crippen LogP) is 2.75. The van der Waals surface area contributed by atoms with Crippen molar-refractivity contribution in [1.29, 1.82) is 0 Å². The van der Waals surface area contributed by atoms with Crippen molar-refractivity contribution in [3.63, 3.8) is 0 Å². The normalized spacial score (nSPS) is 14.1. The molecule has 2 nitrogen and oxygen atoms in total. The van der Waals surface area contributed by atoms with Crippen molar-refractivity contribution in [2.24, 2.45) is 0 Å². The van der Waals surface area contributed by atoms with E-state index in [4.69, 9.17) is 4.43 Å². The van der Waals surface area contributed by atoms with E-state index in [9.17, 15) is 4.79 Å². The number of rotatable bonds is 4. The summed E-state index contributed by atoms with van der Waals surface area (Å²) in [5.41, 5.74) is 0. The molecule has 0 bridgehead atoms. The van der Waals surface area contributed by atoms with Crippen LogP contribution in [-0.4, -0.2) is 14.6 Å². The molecule has 0 N–H and O–H groups in total. The number of carbonyl (C=O) groups excluding carboxylic acids is 1. The van der Waals surface area contributed by atoms with Crippen LogP contribution < -0.4 is 0 Å². The maximum atomic E-state index is 10.7. The van der Waals surface area contributed by atoms with E-state index >= 15 is 0 Å². The van der Waals surface area contributed by atoms with E-state index in [1.165, 1.54) is 11.3 Å². The van der Waals surface area contributed by atoms with E-state index in [1.807, 2.05) is 23.8 Å². The van der Waals surface area contributed by atoms with Crippen LogP contribution in [0, 0.1) is 0 Å². The Kier molecular flexibility index (Phi) is 3.41. The summed E-state index contributed by atoms with van der Waals surface area (Å²) in [4.78, 5) is 11.6. The molecule has 0 amide bonds. The van der Waals surface area contributed by atoms with Gasteiger partial charge in [0.2, 0.25) is 6.29 Å². The Morgan fingerprint density at radius 3 is 2.62 bits per heavy atom. The van der Waals surface area contributed by atoms with Gasteiger partial charge >= 0.3 is 0 Å². The molecular formula is C9H13O2SSi. The molecule has 0 aliphatic rings. The second-order valence-corrected chi connectivity index (χ2v) is 9.18. The average molecular weight is 213 g/mol. The average Bonchev–Trinajstić information content (AvgIpc) is 2.50. The zero-order chi connectivity index (χ0) is 9.90. The highest BCUT2D eigenvalue weighted by Gasteiger charge is 2.23. The van der Waals surface area contributed by atoms with Crippen LogP contribution in [0.5, 0.6) is 0 Å². The van der Waals surface area contributed by atoms with Crippen LogP contribution in [0.25, 0.3) is 0 Å². The molecule has 1 radical (unpaired) electrons. The molecule has 13 heavy (non-hydrogen) atoms. The van der Waals surface area contributed by atoms with E-state index in [2.05, 4.69) is 19.6 Å². The number of thiophene rings is 1. The maximum absolute atomic E-state index is 10.7. The van der Waals surface area contributed by atoms with Crippen molar-refractivity contribution in [2.45, 2.75) is 25.7 Å². The van der Waals surface area contributed by atoms with Gasteiger partial charge in [-0.05, 0) is 31.1 Å². The van der Waals surface area contributed by atoms with Gasteiger partial charge in [0, 0.05) is 4.88 Å². The molecule has 0 fully saturated rings. The first kappa shape index (κ1) is 10.6. The highest BCUT2D eigenvalue weighted by Crippen LogP contribution is 2.24. The summed E-state index contributed by atoms with van der Waals surface area (Å²) < 4.78 is 5.66. The molecule has 1 rings (SSSR count). The summed E-state index contributed by atoms with van der Waals surface area (Å²) in [5.74, 6) is 0. The topological polar surface area (TPSA) is 26.3 Å². The Hall–Kier alpha value is -0.453. The van der Waals surface area contributed by atoms with E-state index in [0.717, 1.165) is 4.88 Å². The third-order valence-corrected chi connectivity index (χ3v) is 3.24. The van der Waals surface area contributed by atoms with Crippen LogP contribution in [0.4, 0.5) is 0 Å². The molecular weight excluding hydrogens is 200 g/mol. The second-order valence-electron chi connectivity index (χ2n) is 3.74. The molecule has 0 saturated carbocycles. The molecule has 1 aromatic heterocycles. The Morgan fingerprint density at radius 2 is 2.23 bits per heavy atom. The van der Waals surface area contributed by atoms with Gasteiger partial charge in [-0.15, -0.1) is 11.3 Å². The number of hydrogen-bond acceptors (Lipinski definition) is 3. The lowest BCUT2D eigenvalue weighted by molar-refractivity contribution is 0.262. The Bertz CT molecular complexity index is 264. The molecule has 4 heteroatoms. The lowest BCUT2D eigenvalue weighted by Gasteiger charge is -2.20. The molecule has 1 unspecified atom stereocenters. The van der Waals surface area contributed by atoms with Crippen LogP contribution >= 0.6 is 11.3 Å². The van der Waals surface area contributed by atoms with Gasteiger partial charge in [0.05, 0.1) is 0 Å². The molecule has 0 aliphatic carbocycles. The standard InChI is InChI=1S/C9H13O2SSi/c1-13(2,3)11-8(7-10)9-5-4-6-12-9/h4-6,8H,1-3H3. The Morgan fingerprint density at radius 1 is 1.54 bits per heavy atom. The van der Waals surface area contributed by atoms with Gasteiger partial charge in [-0.25, -0.2) is 0 Å². The van der Waals surface area contributed by atoms with Gasteiger partial charge < -0.3 is 4.43 Å². The molecule has 0 spiro atoms. The summed E-state index contributed by atoms with van der Waals surface area (Å²) in [5, 5.41) is 1.94. The summed E-state index contributed by atoms with van der Waals surface area (Å²) in [6.45, 7) is 6.18.